The number of nitrogens with one attached hydrogen (secondary N) is 1. The quantitative estimate of drug-likeness (QED) is 0.475. The minimum absolute atomic E-state index is 0.0425. The number of hydrogen-bond donors (Lipinski definition) is 2. The van der Waals surface area contributed by atoms with Crippen LogP contribution in [-0.4, -0.2) is 43.1 Å². The number of alkyl carbamates (subject to hydrolysis) is 1. The Balaban J connectivity index is 1.65. The van der Waals surface area contributed by atoms with Crippen LogP contribution in [0.4, 0.5) is 4.79 Å². The molecule has 3 N–H and O–H groups in total. The van der Waals surface area contributed by atoms with Gasteiger partial charge in [0, 0.05) is 12.3 Å². The summed E-state index contributed by atoms with van der Waals surface area (Å²) < 4.78 is 10.5. The average Bonchev–Trinajstić information content (AvgIpc) is 3.10. The summed E-state index contributed by atoms with van der Waals surface area (Å²) in [6.45, 7) is 5.30. The summed E-state index contributed by atoms with van der Waals surface area (Å²) in [7, 11) is 0. The SMILES string of the molecule is CC(C)(CC(=O)[C@@H](CCCCN)NC(=O)OCC1c2ccccc2-c2ccccc21)O[C]=O. The van der Waals surface area contributed by atoms with Crippen molar-refractivity contribution in [3.63, 3.8) is 0 Å². The lowest BCUT2D eigenvalue weighted by Gasteiger charge is -2.25. The van der Waals surface area contributed by atoms with E-state index in [9.17, 15) is 14.4 Å². The zero-order chi connectivity index (χ0) is 23.8. The number of unbranched alkanes of at least 4 members (excludes halogenated alkanes) is 1. The molecule has 1 radical (unpaired) electrons. The molecule has 0 saturated heterocycles. The van der Waals surface area contributed by atoms with Gasteiger partial charge in [-0.15, -0.1) is 0 Å². The van der Waals surface area contributed by atoms with Gasteiger partial charge in [-0.1, -0.05) is 48.5 Å². The standard InChI is InChI=1S/C26H31N2O5/c1-26(2,33-17-29)15-24(30)23(13-7-8-14-27)28-25(31)32-16-22-20-11-5-3-9-18(20)19-10-4-6-12-21(19)22/h3-6,9-12,22-23H,7-8,13-16,27H2,1-2H3,(H,28,31)/t23-/m1/s1. The second kappa shape index (κ2) is 11.1. The fourth-order valence-electron chi connectivity index (χ4n) is 4.28. The molecule has 1 atom stereocenters. The second-order valence-electron chi connectivity index (χ2n) is 8.90. The molecule has 33 heavy (non-hydrogen) atoms. The number of rotatable bonds is 12. The molecule has 0 aromatic heterocycles. The molecule has 7 nitrogen and oxygen atoms in total. The van der Waals surface area contributed by atoms with Crippen molar-refractivity contribution in [1.82, 2.24) is 5.32 Å². The molecular weight excluding hydrogens is 420 g/mol. The number of ketones is 1. The van der Waals surface area contributed by atoms with E-state index in [-0.39, 0.29) is 24.7 Å². The first-order valence-electron chi connectivity index (χ1n) is 11.3. The van der Waals surface area contributed by atoms with Gasteiger partial charge in [0.05, 0.1) is 6.04 Å². The highest BCUT2D eigenvalue weighted by Gasteiger charge is 2.31. The maximum absolute atomic E-state index is 12.8. The third kappa shape index (κ3) is 6.20. The molecule has 0 fully saturated rings. The first-order valence-corrected chi connectivity index (χ1v) is 11.3. The fraction of sp³-hybridized carbons (Fsp3) is 0.423. The van der Waals surface area contributed by atoms with Crippen molar-refractivity contribution in [1.29, 1.82) is 0 Å². The van der Waals surface area contributed by atoms with Crippen LogP contribution in [0.25, 0.3) is 11.1 Å². The summed E-state index contributed by atoms with van der Waals surface area (Å²) in [5, 5.41) is 2.71. The average molecular weight is 452 g/mol. The Kier molecular flexibility index (Phi) is 8.22. The van der Waals surface area contributed by atoms with Crippen molar-refractivity contribution in [2.24, 2.45) is 5.73 Å². The Morgan fingerprint density at radius 3 is 2.24 bits per heavy atom. The highest BCUT2D eigenvalue weighted by Crippen LogP contribution is 2.44. The van der Waals surface area contributed by atoms with Gasteiger partial charge in [-0.25, -0.2) is 9.59 Å². The minimum Gasteiger partial charge on any atom is -0.451 e. The molecule has 0 heterocycles. The van der Waals surface area contributed by atoms with Crippen LogP contribution in [0.15, 0.2) is 48.5 Å². The van der Waals surface area contributed by atoms with Gasteiger partial charge >= 0.3 is 12.6 Å². The molecule has 2 aromatic rings. The number of amides is 1. The van der Waals surface area contributed by atoms with Crippen molar-refractivity contribution in [3.05, 3.63) is 59.7 Å². The van der Waals surface area contributed by atoms with Crippen LogP contribution in [-0.2, 0) is 19.1 Å². The Morgan fingerprint density at radius 2 is 1.67 bits per heavy atom. The Labute approximate surface area is 194 Å². The van der Waals surface area contributed by atoms with Crippen LogP contribution in [0, 0.1) is 0 Å². The van der Waals surface area contributed by atoms with E-state index in [1.807, 2.05) is 36.4 Å². The van der Waals surface area contributed by atoms with E-state index in [0.717, 1.165) is 28.7 Å². The van der Waals surface area contributed by atoms with Crippen molar-refractivity contribution in [3.8, 4) is 11.1 Å². The maximum Gasteiger partial charge on any atom is 0.418 e. The highest BCUT2D eigenvalue weighted by molar-refractivity contribution is 5.88. The molecule has 3 rings (SSSR count). The van der Waals surface area contributed by atoms with Crippen LogP contribution < -0.4 is 11.1 Å². The smallest absolute Gasteiger partial charge is 0.418 e. The fourth-order valence-corrected chi connectivity index (χ4v) is 4.28. The van der Waals surface area contributed by atoms with Gasteiger partial charge in [0.2, 0.25) is 0 Å². The number of ether oxygens (including phenoxy) is 2. The Hall–Kier alpha value is -3.19. The number of carbonyl (C=O) groups is 2. The Morgan fingerprint density at radius 1 is 1.06 bits per heavy atom. The van der Waals surface area contributed by atoms with E-state index < -0.39 is 17.7 Å². The lowest BCUT2D eigenvalue weighted by atomic mass is 9.95. The van der Waals surface area contributed by atoms with E-state index >= 15 is 0 Å². The third-order valence-electron chi connectivity index (χ3n) is 5.89. The van der Waals surface area contributed by atoms with E-state index in [4.69, 9.17) is 15.2 Å². The summed E-state index contributed by atoms with van der Waals surface area (Å²) in [4.78, 5) is 36.1. The van der Waals surface area contributed by atoms with Gasteiger partial charge in [0.15, 0.2) is 5.78 Å². The summed E-state index contributed by atoms with van der Waals surface area (Å²) in [5.41, 5.74) is 9.09. The predicted octanol–water partition coefficient (Wildman–Crippen LogP) is 3.84. The van der Waals surface area contributed by atoms with Crippen LogP contribution in [0.3, 0.4) is 0 Å². The van der Waals surface area contributed by atoms with Gasteiger partial charge in [0.25, 0.3) is 0 Å². The van der Waals surface area contributed by atoms with E-state index in [0.29, 0.717) is 19.4 Å². The second-order valence-corrected chi connectivity index (χ2v) is 8.90. The number of fused-ring (bicyclic) bond motifs is 3. The number of nitrogens with two attached hydrogens (primary N) is 1. The zero-order valence-corrected chi connectivity index (χ0v) is 19.1. The van der Waals surface area contributed by atoms with Gasteiger partial charge in [-0.05, 0) is 61.9 Å². The largest absolute Gasteiger partial charge is 0.451 e. The van der Waals surface area contributed by atoms with Crippen molar-refractivity contribution < 1.29 is 23.9 Å². The zero-order valence-electron chi connectivity index (χ0n) is 19.1. The summed E-state index contributed by atoms with van der Waals surface area (Å²) in [6.07, 6.45) is 1.15. The van der Waals surface area contributed by atoms with Gasteiger partial charge in [-0.3, -0.25) is 4.79 Å². The van der Waals surface area contributed by atoms with Crippen molar-refractivity contribution >= 4 is 18.3 Å². The molecule has 1 aliphatic carbocycles. The molecule has 1 amide bonds. The van der Waals surface area contributed by atoms with E-state index in [1.165, 1.54) is 6.47 Å². The molecule has 0 saturated carbocycles. The lowest BCUT2D eigenvalue weighted by molar-refractivity contribution is -0.124. The number of benzene rings is 2. The first-order chi connectivity index (χ1) is 15.9. The highest BCUT2D eigenvalue weighted by atomic mass is 16.5. The topological polar surface area (TPSA) is 108 Å². The van der Waals surface area contributed by atoms with Crippen LogP contribution >= 0.6 is 0 Å². The van der Waals surface area contributed by atoms with E-state index in [2.05, 4.69) is 17.4 Å². The normalized spacial score (nSPS) is 13.5. The van der Waals surface area contributed by atoms with Crippen molar-refractivity contribution in [2.45, 2.75) is 57.1 Å². The molecule has 0 spiro atoms. The van der Waals surface area contributed by atoms with E-state index in [1.54, 1.807) is 13.8 Å². The molecule has 2 aromatic carbocycles. The maximum atomic E-state index is 12.8. The van der Waals surface area contributed by atoms with Crippen molar-refractivity contribution in [2.75, 3.05) is 13.2 Å². The lowest BCUT2D eigenvalue weighted by Crippen LogP contribution is -2.44. The van der Waals surface area contributed by atoms with Crippen LogP contribution in [0.2, 0.25) is 0 Å². The molecule has 0 aliphatic heterocycles. The summed E-state index contributed by atoms with van der Waals surface area (Å²) in [5.74, 6) is -0.300. The summed E-state index contributed by atoms with van der Waals surface area (Å²) in [6, 6.07) is 15.4. The van der Waals surface area contributed by atoms with Crippen LogP contribution in [0.5, 0.6) is 0 Å². The van der Waals surface area contributed by atoms with Crippen LogP contribution in [0.1, 0.15) is 56.6 Å². The molecular formula is C26H31N2O5. The van der Waals surface area contributed by atoms with Gasteiger partial charge in [-0.2, -0.15) is 0 Å². The van der Waals surface area contributed by atoms with Gasteiger partial charge in [0.1, 0.15) is 12.2 Å². The summed E-state index contributed by atoms with van der Waals surface area (Å²) >= 11 is 0. The molecule has 0 bridgehead atoms. The third-order valence-corrected chi connectivity index (χ3v) is 5.89. The minimum atomic E-state index is -1.01. The molecule has 0 unspecified atom stereocenters. The monoisotopic (exact) mass is 451 g/mol. The molecule has 1 aliphatic rings. The molecule has 175 valence electrons. The molecule has 7 heteroatoms. The number of Topliss-reactive ketones (excluding diaryl/α,β-unsaturated/α-hetero) is 1. The number of carbonyl (C=O) groups excluding carboxylic acids is 3. The number of hydrogen-bond acceptors (Lipinski definition) is 6. The predicted molar refractivity (Wildman–Crippen MR) is 125 cm³/mol. The first kappa shape index (κ1) is 24.5. The van der Waals surface area contributed by atoms with Gasteiger partial charge < -0.3 is 20.5 Å². The Bertz CT molecular complexity index is 943.